The molecule has 86 valence electrons. The summed E-state index contributed by atoms with van der Waals surface area (Å²) in [6.07, 6.45) is 3.32. The van der Waals surface area contributed by atoms with Crippen molar-refractivity contribution in [3.63, 3.8) is 0 Å². The molecule has 0 saturated carbocycles. The van der Waals surface area contributed by atoms with Gasteiger partial charge in [0.25, 0.3) is 0 Å². The lowest BCUT2D eigenvalue weighted by Crippen LogP contribution is -2.39. The predicted molar refractivity (Wildman–Crippen MR) is 59.5 cm³/mol. The van der Waals surface area contributed by atoms with E-state index in [0.717, 1.165) is 25.8 Å². The average Bonchev–Trinajstić information content (AvgIpc) is 2.62. The Morgan fingerprint density at radius 2 is 2.07 bits per heavy atom. The minimum Gasteiger partial charge on any atom is -0.333 e. The largest absolute Gasteiger partial charge is 0.333 e. The summed E-state index contributed by atoms with van der Waals surface area (Å²) in [5, 5.41) is 0. The van der Waals surface area contributed by atoms with Crippen LogP contribution in [-0.4, -0.2) is 29.2 Å². The number of carbonyl (C=O) groups is 2. The first-order valence-corrected chi connectivity index (χ1v) is 5.82. The molecule has 1 heterocycles. The Labute approximate surface area is 91.8 Å². The van der Waals surface area contributed by atoms with Crippen molar-refractivity contribution in [2.75, 3.05) is 6.54 Å². The summed E-state index contributed by atoms with van der Waals surface area (Å²) in [4.78, 5) is 24.9. The van der Waals surface area contributed by atoms with Gasteiger partial charge in [0.05, 0.1) is 6.04 Å². The summed E-state index contributed by atoms with van der Waals surface area (Å²) < 4.78 is 0. The Kier molecular flexibility index (Phi) is 4.30. The van der Waals surface area contributed by atoms with E-state index in [1.807, 2.05) is 0 Å². The van der Waals surface area contributed by atoms with Crippen molar-refractivity contribution in [1.82, 2.24) is 4.90 Å². The van der Waals surface area contributed by atoms with Crippen LogP contribution in [0.1, 0.15) is 46.5 Å². The molecule has 3 heteroatoms. The Bertz CT molecular complexity index is 248. The number of ketones is 1. The molecule has 0 N–H and O–H groups in total. The number of rotatable bonds is 4. The van der Waals surface area contributed by atoms with Gasteiger partial charge in [-0.3, -0.25) is 9.59 Å². The van der Waals surface area contributed by atoms with Crippen LogP contribution < -0.4 is 0 Å². The van der Waals surface area contributed by atoms with E-state index < -0.39 is 0 Å². The van der Waals surface area contributed by atoms with Crippen molar-refractivity contribution >= 4 is 11.7 Å². The summed E-state index contributed by atoms with van der Waals surface area (Å²) in [5.74, 6) is 0.833. The van der Waals surface area contributed by atoms with Crippen molar-refractivity contribution < 1.29 is 9.59 Å². The van der Waals surface area contributed by atoms with E-state index in [2.05, 4.69) is 13.8 Å². The third-order valence-electron chi connectivity index (χ3n) is 2.98. The fourth-order valence-corrected chi connectivity index (χ4v) is 2.04. The second-order valence-corrected chi connectivity index (χ2v) is 4.79. The predicted octanol–water partition coefficient (Wildman–Crippen LogP) is 2.00. The number of carbonyl (C=O) groups excluding carboxylic acids is 2. The lowest BCUT2D eigenvalue weighted by Gasteiger charge is -2.22. The van der Waals surface area contributed by atoms with Crippen molar-refractivity contribution in [3.05, 3.63) is 0 Å². The van der Waals surface area contributed by atoms with Crippen molar-refractivity contribution in [2.45, 2.75) is 52.5 Å². The fraction of sp³-hybridized carbons (Fsp3) is 0.833. The Morgan fingerprint density at radius 3 is 2.60 bits per heavy atom. The molecule has 1 aliphatic heterocycles. The summed E-state index contributed by atoms with van der Waals surface area (Å²) >= 11 is 0. The van der Waals surface area contributed by atoms with Crippen LogP contribution in [0.2, 0.25) is 0 Å². The fourth-order valence-electron chi connectivity index (χ4n) is 2.04. The normalized spacial score (nSPS) is 21.1. The monoisotopic (exact) mass is 211 g/mol. The molecule has 1 saturated heterocycles. The van der Waals surface area contributed by atoms with E-state index in [9.17, 15) is 9.59 Å². The van der Waals surface area contributed by atoms with Gasteiger partial charge in [0, 0.05) is 13.0 Å². The molecule has 0 unspecified atom stereocenters. The highest BCUT2D eigenvalue weighted by atomic mass is 16.2. The maximum absolute atomic E-state index is 11.8. The second-order valence-electron chi connectivity index (χ2n) is 4.79. The SMILES string of the molecule is CC(=O)[C@@H]1CCCN1C(=O)CCC(C)C. The molecule has 15 heavy (non-hydrogen) atoms. The molecule has 0 aromatic rings. The molecular weight excluding hydrogens is 190 g/mol. The van der Waals surface area contributed by atoms with Gasteiger partial charge in [-0.2, -0.15) is 0 Å². The van der Waals surface area contributed by atoms with E-state index >= 15 is 0 Å². The number of hydrogen-bond donors (Lipinski definition) is 0. The van der Waals surface area contributed by atoms with Gasteiger partial charge < -0.3 is 4.90 Å². The zero-order chi connectivity index (χ0) is 11.4. The van der Waals surface area contributed by atoms with Gasteiger partial charge in [-0.25, -0.2) is 0 Å². The number of Topliss-reactive ketones (excluding diaryl/α,β-unsaturated/α-hetero) is 1. The molecule has 1 atom stereocenters. The van der Waals surface area contributed by atoms with Crippen molar-refractivity contribution in [3.8, 4) is 0 Å². The number of hydrogen-bond acceptors (Lipinski definition) is 2. The quantitative estimate of drug-likeness (QED) is 0.713. The second kappa shape index (κ2) is 5.29. The van der Waals surface area contributed by atoms with Crippen molar-refractivity contribution in [2.24, 2.45) is 5.92 Å². The van der Waals surface area contributed by atoms with Gasteiger partial charge in [-0.1, -0.05) is 13.8 Å². The van der Waals surface area contributed by atoms with Crippen LogP contribution >= 0.6 is 0 Å². The molecule has 0 radical (unpaired) electrons. The third-order valence-corrected chi connectivity index (χ3v) is 2.98. The molecule has 1 amide bonds. The van der Waals surface area contributed by atoms with Crippen LogP contribution in [0.4, 0.5) is 0 Å². The summed E-state index contributed by atoms with van der Waals surface area (Å²) in [6, 6.07) is -0.135. The first-order valence-electron chi connectivity index (χ1n) is 5.82. The van der Waals surface area contributed by atoms with E-state index in [1.54, 1.807) is 11.8 Å². The van der Waals surface area contributed by atoms with E-state index in [1.165, 1.54) is 0 Å². The lowest BCUT2D eigenvalue weighted by molar-refractivity contribution is -0.137. The van der Waals surface area contributed by atoms with Crippen LogP contribution in [-0.2, 0) is 9.59 Å². The van der Waals surface area contributed by atoms with Crippen LogP contribution in [0.5, 0.6) is 0 Å². The molecule has 1 rings (SSSR count). The van der Waals surface area contributed by atoms with Crippen LogP contribution in [0.25, 0.3) is 0 Å². The first-order chi connectivity index (χ1) is 7.02. The molecule has 0 spiro atoms. The van der Waals surface area contributed by atoms with Gasteiger partial charge in [-0.05, 0) is 32.1 Å². The minimum atomic E-state index is -0.135. The molecule has 0 aliphatic carbocycles. The minimum absolute atomic E-state index is 0.130. The maximum atomic E-state index is 11.8. The molecule has 1 fully saturated rings. The molecule has 0 aromatic heterocycles. The van der Waals surface area contributed by atoms with Gasteiger partial charge in [0.1, 0.15) is 0 Å². The number of nitrogens with zero attached hydrogens (tertiary/aromatic N) is 1. The average molecular weight is 211 g/mol. The molecule has 0 aromatic carbocycles. The molecule has 3 nitrogen and oxygen atoms in total. The highest BCUT2D eigenvalue weighted by Crippen LogP contribution is 2.20. The van der Waals surface area contributed by atoms with Crippen molar-refractivity contribution in [1.29, 1.82) is 0 Å². The van der Waals surface area contributed by atoms with E-state index in [4.69, 9.17) is 0 Å². The standard InChI is InChI=1S/C12H21NO2/c1-9(2)6-7-12(15)13-8-4-5-11(13)10(3)14/h9,11H,4-8H2,1-3H3/t11-/m0/s1. The van der Waals surface area contributed by atoms with Crippen LogP contribution in [0.3, 0.4) is 0 Å². The Balaban J connectivity index is 2.47. The van der Waals surface area contributed by atoms with Gasteiger partial charge in [0.2, 0.25) is 5.91 Å². The zero-order valence-corrected chi connectivity index (χ0v) is 9.95. The van der Waals surface area contributed by atoms with E-state index in [0.29, 0.717) is 12.3 Å². The smallest absolute Gasteiger partial charge is 0.223 e. The van der Waals surface area contributed by atoms with Gasteiger partial charge in [0.15, 0.2) is 5.78 Å². The maximum Gasteiger partial charge on any atom is 0.223 e. The van der Waals surface area contributed by atoms with E-state index in [-0.39, 0.29) is 17.7 Å². The number of amides is 1. The molecular formula is C12H21NO2. The topological polar surface area (TPSA) is 37.4 Å². The highest BCUT2D eigenvalue weighted by molar-refractivity contribution is 5.88. The number of likely N-dealkylation sites (tertiary alicyclic amines) is 1. The van der Waals surface area contributed by atoms with Gasteiger partial charge in [-0.15, -0.1) is 0 Å². The molecule has 0 bridgehead atoms. The zero-order valence-electron chi connectivity index (χ0n) is 9.95. The summed E-state index contributed by atoms with van der Waals surface area (Å²) in [5.41, 5.74) is 0. The Hall–Kier alpha value is -0.860. The van der Waals surface area contributed by atoms with Crippen LogP contribution in [0.15, 0.2) is 0 Å². The first kappa shape index (κ1) is 12.2. The lowest BCUT2D eigenvalue weighted by atomic mass is 10.1. The van der Waals surface area contributed by atoms with Crippen LogP contribution in [0, 0.1) is 5.92 Å². The summed E-state index contributed by atoms with van der Waals surface area (Å²) in [7, 11) is 0. The highest BCUT2D eigenvalue weighted by Gasteiger charge is 2.31. The van der Waals surface area contributed by atoms with Gasteiger partial charge >= 0.3 is 0 Å². The summed E-state index contributed by atoms with van der Waals surface area (Å²) in [6.45, 7) is 6.57. The third kappa shape index (κ3) is 3.33. The molecule has 1 aliphatic rings. The Morgan fingerprint density at radius 1 is 1.40 bits per heavy atom.